The van der Waals surface area contributed by atoms with Gasteiger partial charge in [-0.15, -0.1) is 0 Å². The van der Waals surface area contributed by atoms with Crippen molar-refractivity contribution in [3.05, 3.63) is 24.3 Å². The number of phenols is 1. The number of amides is 1. The lowest BCUT2D eigenvalue weighted by Crippen LogP contribution is -2.34. The Kier molecular flexibility index (Phi) is 8.32. The lowest BCUT2D eigenvalue weighted by atomic mass is 10.2. The van der Waals surface area contributed by atoms with Crippen LogP contribution in [0.4, 0.5) is 0 Å². The normalized spacial score (nSPS) is 12.2. The average molecular weight is 310 g/mol. The molecule has 4 N–H and O–H groups in total. The van der Waals surface area contributed by atoms with Crippen LogP contribution in [0.3, 0.4) is 0 Å². The van der Waals surface area contributed by atoms with Gasteiger partial charge in [-0.2, -0.15) is 0 Å². The van der Waals surface area contributed by atoms with Crippen molar-refractivity contribution in [2.45, 2.75) is 26.4 Å². The number of carbonyl (C=O) groups excluding carboxylic acids is 1. The standard InChI is InChI=1S/C16H26N2O4/c1-12(2)16(21)18-9-3-8-17-10-14(20)11-22-15-6-4-13(19)5-7-15/h4-7,12,14,17,19-20H,3,8-11H2,1-2H3,(H,18,21). The number of benzene rings is 1. The van der Waals surface area contributed by atoms with Crippen LogP contribution in [0.25, 0.3) is 0 Å². The predicted octanol–water partition coefficient (Wildman–Crippen LogP) is 0.884. The number of phenolic OH excluding ortho intramolecular Hbond substituents is 1. The average Bonchev–Trinajstić information content (AvgIpc) is 2.49. The summed E-state index contributed by atoms with van der Waals surface area (Å²) in [5.41, 5.74) is 0. The molecule has 1 unspecified atom stereocenters. The lowest BCUT2D eigenvalue weighted by molar-refractivity contribution is -0.123. The fourth-order valence-electron chi connectivity index (χ4n) is 1.69. The molecule has 0 fully saturated rings. The Labute approximate surface area is 131 Å². The first-order chi connectivity index (χ1) is 10.5. The molecule has 1 amide bonds. The Hall–Kier alpha value is -1.79. The fraction of sp³-hybridized carbons (Fsp3) is 0.562. The van der Waals surface area contributed by atoms with Gasteiger partial charge in [0.15, 0.2) is 0 Å². The van der Waals surface area contributed by atoms with Crippen molar-refractivity contribution in [3.63, 3.8) is 0 Å². The maximum atomic E-state index is 11.3. The Morgan fingerprint density at radius 2 is 1.91 bits per heavy atom. The van der Waals surface area contributed by atoms with Crippen LogP contribution < -0.4 is 15.4 Å². The molecule has 1 atom stereocenters. The zero-order valence-electron chi connectivity index (χ0n) is 13.2. The monoisotopic (exact) mass is 310 g/mol. The molecule has 1 aromatic rings. The second-order valence-electron chi connectivity index (χ2n) is 5.46. The van der Waals surface area contributed by atoms with Crippen LogP contribution in [0.1, 0.15) is 20.3 Å². The van der Waals surface area contributed by atoms with Crippen LogP contribution in [-0.4, -0.2) is 48.5 Å². The molecule has 0 aromatic heterocycles. The van der Waals surface area contributed by atoms with E-state index in [0.29, 0.717) is 25.4 Å². The van der Waals surface area contributed by atoms with Crippen molar-refractivity contribution >= 4 is 5.91 Å². The Morgan fingerprint density at radius 1 is 1.23 bits per heavy atom. The summed E-state index contributed by atoms with van der Waals surface area (Å²) in [5, 5.41) is 24.9. The van der Waals surface area contributed by atoms with Crippen molar-refractivity contribution in [2.75, 3.05) is 26.2 Å². The first-order valence-corrected chi connectivity index (χ1v) is 7.57. The third-order valence-electron chi connectivity index (χ3n) is 3.01. The molecular weight excluding hydrogens is 284 g/mol. The summed E-state index contributed by atoms with van der Waals surface area (Å²) >= 11 is 0. The van der Waals surface area contributed by atoms with E-state index in [1.54, 1.807) is 12.1 Å². The largest absolute Gasteiger partial charge is 0.508 e. The smallest absolute Gasteiger partial charge is 0.222 e. The van der Waals surface area contributed by atoms with E-state index in [-0.39, 0.29) is 24.2 Å². The Morgan fingerprint density at radius 3 is 2.55 bits per heavy atom. The van der Waals surface area contributed by atoms with Gasteiger partial charge in [0.05, 0.1) is 0 Å². The van der Waals surface area contributed by atoms with E-state index in [9.17, 15) is 9.90 Å². The second-order valence-corrected chi connectivity index (χ2v) is 5.46. The topological polar surface area (TPSA) is 90.8 Å². The highest BCUT2D eigenvalue weighted by molar-refractivity contribution is 5.77. The molecule has 1 rings (SSSR count). The van der Waals surface area contributed by atoms with E-state index >= 15 is 0 Å². The van der Waals surface area contributed by atoms with Crippen LogP contribution in [0.5, 0.6) is 11.5 Å². The van der Waals surface area contributed by atoms with Gasteiger partial charge in [-0.1, -0.05) is 13.8 Å². The summed E-state index contributed by atoms with van der Waals surface area (Å²) in [7, 11) is 0. The van der Waals surface area contributed by atoms with Gasteiger partial charge in [0.1, 0.15) is 24.2 Å². The van der Waals surface area contributed by atoms with Gasteiger partial charge < -0.3 is 25.6 Å². The van der Waals surface area contributed by atoms with Crippen LogP contribution in [0.2, 0.25) is 0 Å². The number of hydrogen-bond donors (Lipinski definition) is 4. The maximum Gasteiger partial charge on any atom is 0.222 e. The van der Waals surface area contributed by atoms with Gasteiger partial charge in [-0.3, -0.25) is 4.79 Å². The minimum atomic E-state index is -0.612. The number of rotatable bonds is 10. The van der Waals surface area contributed by atoms with Crippen LogP contribution in [-0.2, 0) is 4.79 Å². The van der Waals surface area contributed by atoms with E-state index in [4.69, 9.17) is 9.84 Å². The Bertz CT molecular complexity index is 434. The van der Waals surface area contributed by atoms with Gasteiger partial charge in [-0.05, 0) is 37.2 Å². The van der Waals surface area contributed by atoms with Gasteiger partial charge in [0.25, 0.3) is 0 Å². The predicted molar refractivity (Wildman–Crippen MR) is 84.9 cm³/mol. The SMILES string of the molecule is CC(C)C(=O)NCCCNCC(O)COc1ccc(O)cc1. The van der Waals surface area contributed by atoms with Crippen molar-refractivity contribution in [3.8, 4) is 11.5 Å². The number of aliphatic hydroxyl groups is 1. The fourth-order valence-corrected chi connectivity index (χ4v) is 1.69. The highest BCUT2D eigenvalue weighted by Gasteiger charge is 2.06. The van der Waals surface area contributed by atoms with E-state index in [1.165, 1.54) is 12.1 Å². The molecule has 0 bridgehead atoms. The van der Waals surface area contributed by atoms with E-state index in [0.717, 1.165) is 6.42 Å². The molecule has 22 heavy (non-hydrogen) atoms. The van der Waals surface area contributed by atoms with E-state index in [2.05, 4.69) is 10.6 Å². The Balaban J connectivity index is 2.02. The quantitative estimate of drug-likeness (QED) is 0.482. The van der Waals surface area contributed by atoms with Crippen LogP contribution >= 0.6 is 0 Å². The number of hydrogen-bond acceptors (Lipinski definition) is 5. The number of aromatic hydroxyl groups is 1. The first kappa shape index (κ1) is 18.3. The third-order valence-corrected chi connectivity index (χ3v) is 3.01. The minimum Gasteiger partial charge on any atom is -0.508 e. The van der Waals surface area contributed by atoms with Crippen molar-refractivity contribution in [2.24, 2.45) is 5.92 Å². The molecule has 6 nitrogen and oxygen atoms in total. The molecule has 124 valence electrons. The summed E-state index contributed by atoms with van der Waals surface area (Å²) in [6, 6.07) is 6.36. The van der Waals surface area contributed by atoms with Crippen LogP contribution in [0, 0.1) is 5.92 Å². The summed E-state index contributed by atoms with van der Waals surface area (Å²) in [5.74, 6) is 0.849. The summed E-state index contributed by atoms with van der Waals surface area (Å²) < 4.78 is 5.40. The van der Waals surface area contributed by atoms with Crippen LogP contribution in [0.15, 0.2) is 24.3 Å². The maximum absolute atomic E-state index is 11.3. The van der Waals surface area contributed by atoms with Gasteiger partial charge in [-0.25, -0.2) is 0 Å². The van der Waals surface area contributed by atoms with E-state index < -0.39 is 6.10 Å². The first-order valence-electron chi connectivity index (χ1n) is 7.57. The van der Waals surface area contributed by atoms with Crippen molar-refractivity contribution in [1.29, 1.82) is 0 Å². The zero-order chi connectivity index (χ0) is 16.4. The summed E-state index contributed by atoms with van der Waals surface area (Å²) in [4.78, 5) is 11.3. The third kappa shape index (κ3) is 7.85. The molecule has 1 aromatic carbocycles. The van der Waals surface area contributed by atoms with Gasteiger partial charge >= 0.3 is 0 Å². The highest BCUT2D eigenvalue weighted by atomic mass is 16.5. The van der Waals surface area contributed by atoms with E-state index in [1.807, 2.05) is 13.8 Å². The highest BCUT2D eigenvalue weighted by Crippen LogP contribution is 2.15. The lowest BCUT2D eigenvalue weighted by Gasteiger charge is -2.13. The van der Waals surface area contributed by atoms with Crippen molar-refractivity contribution in [1.82, 2.24) is 10.6 Å². The number of ether oxygens (including phenoxy) is 1. The molecule has 0 saturated heterocycles. The summed E-state index contributed by atoms with van der Waals surface area (Å²) in [6.45, 7) is 5.67. The van der Waals surface area contributed by atoms with Gasteiger partial charge in [0.2, 0.25) is 5.91 Å². The molecule has 0 spiro atoms. The summed E-state index contributed by atoms with van der Waals surface area (Å²) in [6.07, 6.45) is 0.198. The molecule has 0 aliphatic carbocycles. The van der Waals surface area contributed by atoms with Gasteiger partial charge in [0, 0.05) is 19.0 Å². The molecular formula is C16H26N2O4. The molecule has 0 heterocycles. The second kappa shape index (κ2) is 10.0. The number of carbonyl (C=O) groups is 1. The minimum absolute atomic E-state index is 0.00632. The number of nitrogens with one attached hydrogen (secondary N) is 2. The van der Waals surface area contributed by atoms with Crippen molar-refractivity contribution < 1.29 is 19.7 Å². The number of aliphatic hydroxyl groups excluding tert-OH is 1. The molecule has 0 aliphatic rings. The molecule has 6 heteroatoms. The molecule has 0 aliphatic heterocycles. The molecule has 0 radical (unpaired) electrons. The molecule has 0 saturated carbocycles. The zero-order valence-corrected chi connectivity index (χ0v) is 13.2.